The standard InChI is InChI=1S/C25H38N2O4S2/c1-3-5-13-19-26(21-24-15-9-7-10-16-24)32(28,29)23-33(30,31)27(20-14-6-4-2)22-25-17-11-8-12-18-25/h7-12,15-18H,3-6,13-14,19-23H2,1-2H3. The highest BCUT2D eigenvalue weighted by Crippen LogP contribution is 2.18. The van der Waals surface area contributed by atoms with Crippen LogP contribution in [-0.2, 0) is 33.1 Å². The van der Waals surface area contributed by atoms with Crippen molar-refractivity contribution in [3.8, 4) is 0 Å². The van der Waals surface area contributed by atoms with Gasteiger partial charge in [-0.1, -0.05) is 100 Å². The molecule has 0 aliphatic carbocycles. The number of sulfonamides is 2. The lowest BCUT2D eigenvalue weighted by atomic mass is 10.2. The van der Waals surface area contributed by atoms with Crippen molar-refractivity contribution in [2.24, 2.45) is 0 Å². The van der Waals surface area contributed by atoms with Gasteiger partial charge in [-0.25, -0.2) is 16.8 Å². The summed E-state index contributed by atoms with van der Waals surface area (Å²) in [4.78, 5) is 0. The first kappa shape index (κ1) is 27.5. The van der Waals surface area contributed by atoms with Crippen LogP contribution in [0.25, 0.3) is 0 Å². The summed E-state index contributed by atoms with van der Waals surface area (Å²) in [7, 11) is -8.05. The van der Waals surface area contributed by atoms with E-state index in [-0.39, 0.29) is 13.1 Å². The summed E-state index contributed by atoms with van der Waals surface area (Å²) >= 11 is 0. The normalized spacial score (nSPS) is 12.5. The van der Waals surface area contributed by atoms with Crippen LogP contribution in [0.15, 0.2) is 60.7 Å². The van der Waals surface area contributed by atoms with Crippen molar-refractivity contribution < 1.29 is 16.8 Å². The van der Waals surface area contributed by atoms with Crippen LogP contribution in [0.3, 0.4) is 0 Å². The third-order valence-corrected chi connectivity index (χ3v) is 10.1. The van der Waals surface area contributed by atoms with E-state index < -0.39 is 25.1 Å². The molecule has 0 radical (unpaired) electrons. The number of nitrogens with zero attached hydrogens (tertiary/aromatic N) is 2. The fourth-order valence-corrected chi connectivity index (χ4v) is 7.82. The second kappa shape index (κ2) is 13.8. The molecule has 0 fully saturated rings. The lowest BCUT2D eigenvalue weighted by Gasteiger charge is -2.26. The van der Waals surface area contributed by atoms with Crippen molar-refractivity contribution in [3.63, 3.8) is 0 Å². The SMILES string of the molecule is CCCCCN(Cc1ccccc1)S(=O)(=O)CS(=O)(=O)N(CCCCC)Cc1ccccc1. The van der Waals surface area contributed by atoms with Crippen LogP contribution < -0.4 is 0 Å². The summed E-state index contributed by atoms with van der Waals surface area (Å²) in [6.07, 6.45) is 5.11. The van der Waals surface area contributed by atoms with Crippen molar-refractivity contribution >= 4 is 20.0 Å². The minimum atomic E-state index is -4.02. The number of hydrogen-bond donors (Lipinski definition) is 0. The first-order valence-corrected chi connectivity index (χ1v) is 15.0. The zero-order chi connectivity index (χ0) is 24.2. The van der Waals surface area contributed by atoms with Gasteiger partial charge >= 0.3 is 0 Å². The molecule has 2 aromatic carbocycles. The second-order valence-corrected chi connectivity index (χ2v) is 12.7. The molecule has 184 valence electrons. The molecule has 0 aromatic heterocycles. The third kappa shape index (κ3) is 9.57. The Hall–Kier alpha value is -1.74. The Morgan fingerprint density at radius 1 is 0.576 bits per heavy atom. The molecule has 0 atom stereocenters. The van der Waals surface area contributed by atoms with Gasteiger partial charge < -0.3 is 0 Å². The van der Waals surface area contributed by atoms with E-state index in [1.54, 1.807) is 0 Å². The number of unbranched alkanes of at least 4 members (excludes halogenated alkanes) is 4. The molecule has 0 saturated heterocycles. The molecule has 6 nitrogen and oxygen atoms in total. The molecule has 2 aromatic rings. The first-order valence-electron chi connectivity index (χ1n) is 11.8. The van der Waals surface area contributed by atoms with Crippen LogP contribution in [-0.4, -0.2) is 43.6 Å². The highest BCUT2D eigenvalue weighted by Gasteiger charge is 2.32. The molecule has 0 spiro atoms. The number of benzene rings is 2. The largest absolute Gasteiger partial charge is 0.230 e. The maximum absolute atomic E-state index is 13.4. The first-order chi connectivity index (χ1) is 15.8. The Kier molecular flexibility index (Phi) is 11.5. The molecular formula is C25H38N2O4S2. The predicted octanol–water partition coefficient (Wildman–Crippen LogP) is 4.99. The van der Waals surface area contributed by atoms with Crippen LogP contribution in [0.4, 0.5) is 0 Å². The van der Waals surface area contributed by atoms with E-state index in [2.05, 4.69) is 13.8 Å². The summed E-state index contributed by atoms with van der Waals surface area (Å²) < 4.78 is 56.1. The van der Waals surface area contributed by atoms with Crippen LogP contribution in [0.5, 0.6) is 0 Å². The summed E-state index contributed by atoms with van der Waals surface area (Å²) in [5.41, 5.74) is 1.69. The van der Waals surface area contributed by atoms with Crippen LogP contribution >= 0.6 is 0 Å². The molecule has 0 aliphatic rings. The quantitative estimate of drug-likeness (QED) is 0.308. The number of hydrogen-bond acceptors (Lipinski definition) is 4. The molecule has 0 aliphatic heterocycles. The summed E-state index contributed by atoms with van der Waals surface area (Å²) in [5.74, 6) is 0. The van der Waals surface area contributed by atoms with E-state index in [1.165, 1.54) is 8.61 Å². The smallest absolute Gasteiger partial charge is 0.211 e. The van der Waals surface area contributed by atoms with Gasteiger partial charge in [-0.05, 0) is 24.0 Å². The van der Waals surface area contributed by atoms with Crippen molar-refractivity contribution in [1.29, 1.82) is 0 Å². The zero-order valence-electron chi connectivity index (χ0n) is 19.9. The summed E-state index contributed by atoms with van der Waals surface area (Å²) in [6.45, 7) is 5.09. The predicted molar refractivity (Wildman–Crippen MR) is 135 cm³/mol. The van der Waals surface area contributed by atoms with E-state index in [4.69, 9.17) is 0 Å². The summed E-state index contributed by atoms with van der Waals surface area (Å²) in [5, 5.41) is -0.905. The monoisotopic (exact) mass is 494 g/mol. The highest BCUT2D eigenvalue weighted by molar-refractivity contribution is 8.05. The van der Waals surface area contributed by atoms with Gasteiger partial charge in [0.15, 0.2) is 5.08 Å². The van der Waals surface area contributed by atoms with Gasteiger partial charge in [-0.2, -0.15) is 8.61 Å². The van der Waals surface area contributed by atoms with Gasteiger partial charge in [0, 0.05) is 26.2 Å². The lowest BCUT2D eigenvalue weighted by Crippen LogP contribution is -2.41. The van der Waals surface area contributed by atoms with Gasteiger partial charge in [0.25, 0.3) is 0 Å². The topological polar surface area (TPSA) is 74.8 Å². The minimum Gasteiger partial charge on any atom is -0.211 e. The van der Waals surface area contributed by atoms with Crippen LogP contribution in [0.1, 0.15) is 63.5 Å². The Morgan fingerprint density at radius 3 is 1.27 bits per heavy atom. The average molecular weight is 495 g/mol. The average Bonchev–Trinajstić information content (AvgIpc) is 2.78. The van der Waals surface area contributed by atoms with Gasteiger partial charge in [-0.15, -0.1) is 0 Å². The van der Waals surface area contributed by atoms with Gasteiger partial charge in [0.05, 0.1) is 0 Å². The molecule has 33 heavy (non-hydrogen) atoms. The van der Waals surface area contributed by atoms with Gasteiger partial charge in [0.1, 0.15) is 0 Å². The fraction of sp³-hybridized carbons (Fsp3) is 0.520. The number of rotatable bonds is 16. The van der Waals surface area contributed by atoms with Gasteiger partial charge in [-0.3, -0.25) is 0 Å². The Morgan fingerprint density at radius 2 is 0.939 bits per heavy atom. The maximum atomic E-state index is 13.4. The molecule has 8 heteroatoms. The fourth-order valence-electron chi connectivity index (χ4n) is 3.62. The van der Waals surface area contributed by atoms with E-state index in [0.717, 1.165) is 36.8 Å². The van der Waals surface area contributed by atoms with Crippen molar-refractivity contribution in [2.75, 3.05) is 18.2 Å². The van der Waals surface area contributed by atoms with E-state index in [0.29, 0.717) is 25.9 Å². The van der Waals surface area contributed by atoms with Gasteiger partial charge in [0.2, 0.25) is 20.0 Å². The summed E-state index contributed by atoms with van der Waals surface area (Å²) in [6, 6.07) is 18.6. The molecule has 0 bridgehead atoms. The van der Waals surface area contributed by atoms with E-state index in [1.807, 2.05) is 60.7 Å². The highest BCUT2D eigenvalue weighted by atomic mass is 32.3. The molecule has 0 amide bonds. The van der Waals surface area contributed by atoms with Crippen LogP contribution in [0, 0.1) is 0 Å². The Bertz CT molecular complexity index is 927. The third-order valence-electron chi connectivity index (χ3n) is 5.51. The van der Waals surface area contributed by atoms with Crippen molar-refractivity contribution in [1.82, 2.24) is 8.61 Å². The molecule has 0 N–H and O–H groups in total. The Balaban J connectivity index is 2.24. The molecule has 0 heterocycles. The zero-order valence-corrected chi connectivity index (χ0v) is 21.5. The van der Waals surface area contributed by atoms with Crippen molar-refractivity contribution in [2.45, 2.75) is 65.5 Å². The van der Waals surface area contributed by atoms with E-state index in [9.17, 15) is 16.8 Å². The maximum Gasteiger partial charge on any atom is 0.230 e. The lowest BCUT2D eigenvalue weighted by molar-refractivity contribution is 0.387. The molecule has 2 rings (SSSR count). The molecular weight excluding hydrogens is 456 g/mol. The molecule has 0 saturated carbocycles. The second-order valence-electron chi connectivity index (χ2n) is 8.39. The van der Waals surface area contributed by atoms with Crippen molar-refractivity contribution in [3.05, 3.63) is 71.8 Å². The molecule has 0 unspecified atom stereocenters. The van der Waals surface area contributed by atoms with E-state index >= 15 is 0 Å². The Labute approximate surface area is 200 Å². The minimum absolute atomic E-state index is 0.178. The van der Waals surface area contributed by atoms with Crippen LogP contribution in [0.2, 0.25) is 0 Å².